The predicted octanol–water partition coefficient (Wildman–Crippen LogP) is 0.784. The monoisotopic (exact) mass is 124 g/mol. The van der Waals surface area contributed by atoms with E-state index in [9.17, 15) is 0 Å². The van der Waals surface area contributed by atoms with Crippen molar-refractivity contribution >= 4 is 13.3 Å². The Balaban J connectivity index is 0. The molecule has 0 saturated heterocycles. The summed E-state index contributed by atoms with van der Waals surface area (Å²) in [6.45, 7) is 5.88. The minimum atomic E-state index is 0. The molecule has 0 aliphatic heterocycles. The fraction of sp³-hybridized carbons (Fsp3) is 0.500. The zero-order chi connectivity index (χ0) is 7.28. The molecule has 1 heterocycles. The van der Waals surface area contributed by atoms with Crippen LogP contribution >= 0.6 is 0 Å². The highest BCUT2D eigenvalue weighted by molar-refractivity contribution is 6.32. The zero-order valence-electron chi connectivity index (χ0n) is 6.10. The summed E-state index contributed by atoms with van der Waals surface area (Å²) in [6, 6.07) is 0. The lowest BCUT2D eigenvalue weighted by Gasteiger charge is -1.79. The van der Waals surface area contributed by atoms with Crippen LogP contribution in [0.1, 0.15) is 21.0 Å². The summed E-state index contributed by atoms with van der Waals surface area (Å²) in [6.07, 6.45) is 1.59. The number of aromatic nitrogens is 2. The van der Waals surface area contributed by atoms with E-state index in [1.165, 1.54) is 0 Å². The fourth-order valence-corrected chi connectivity index (χ4v) is 0.360. The van der Waals surface area contributed by atoms with Gasteiger partial charge in [0.15, 0.2) is 0 Å². The molecule has 0 fully saturated rings. The van der Waals surface area contributed by atoms with E-state index in [-0.39, 0.29) is 1.43 Å². The third-order valence-corrected chi connectivity index (χ3v) is 0.869. The third-order valence-electron chi connectivity index (χ3n) is 0.869. The molecule has 1 aromatic heterocycles. The van der Waals surface area contributed by atoms with Crippen LogP contribution < -0.4 is 5.46 Å². The van der Waals surface area contributed by atoms with E-state index in [4.69, 9.17) is 7.85 Å². The van der Waals surface area contributed by atoms with Gasteiger partial charge in [-0.1, -0.05) is 19.3 Å². The van der Waals surface area contributed by atoms with Gasteiger partial charge in [0.05, 0.1) is 0 Å². The quantitative estimate of drug-likeness (QED) is 0.508. The normalized spacial score (nSPS) is 7.89. The molecule has 3 heteroatoms. The van der Waals surface area contributed by atoms with Crippen LogP contribution in [0.25, 0.3) is 0 Å². The number of nitrogens with zero attached hydrogens (tertiary/aromatic N) is 1. The van der Waals surface area contributed by atoms with E-state index in [0.717, 1.165) is 11.2 Å². The van der Waals surface area contributed by atoms with Crippen molar-refractivity contribution in [3.8, 4) is 0 Å². The van der Waals surface area contributed by atoms with Crippen LogP contribution in [0, 0.1) is 6.92 Å². The van der Waals surface area contributed by atoms with Gasteiger partial charge in [-0.15, -0.1) is 0 Å². The minimum absolute atomic E-state index is 0. The van der Waals surface area contributed by atoms with Gasteiger partial charge in [0.1, 0.15) is 7.85 Å². The Bertz CT molecular complexity index is 148. The second kappa shape index (κ2) is 4.18. The van der Waals surface area contributed by atoms with Crippen molar-refractivity contribution in [3.63, 3.8) is 0 Å². The van der Waals surface area contributed by atoms with Crippen LogP contribution in [0.5, 0.6) is 0 Å². The molecule has 2 nitrogen and oxygen atoms in total. The third kappa shape index (κ3) is 2.35. The van der Waals surface area contributed by atoms with Crippen molar-refractivity contribution in [2.75, 3.05) is 0 Å². The first kappa shape index (κ1) is 8.27. The average Bonchev–Trinajstić information content (AvgIpc) is 2.23. The molecule has 0 aliphatic carbocycles. The van der Waals surface area contributed by atoms with Crippen LogP contribution in [0.2, 0.25) is 0 Å². The Morgan fingerprint density at radius 3 is 2.33 bits per heavy atom. The molecule has 0 spiro atoms. The summed E-state index contributed by atoms with van der Waals surface area (Å²) >= 11 is 0. The molecule has 0 atom stereocenters. The Morgan fingerprint density at radius 2 is 2.22 bits per heavy atom. The molecule has 9 heavy (non-hydrogen) atoms. The van der Waals surface area contributed by atoms with Crippen molar-refractivity contribution in [3.05, 3.63) is 11.9 Å². The number of hydrogen-bond acceptors (Lipinski definition) is 1. The molecule has 0 bridgehead atoms. The van der Waals surface area contributed by atoms with Crippen LogP contribution in [-0.4, -0.2) is 18.0 Å². The average molecular weight is 124 g/mol. The van der Waals surface area contributed by atoms with E-state index >= 15 is 0 Å². The first-order valence-corrected chi connectivity index (χ1v) is 3.06. The first-order valence-electron chi connectivity index (χ1n) is 3.06. The molecule has 0 amide bonds. The van der Waals surface area contributed by atoms with Gasteiger partial charge in [-0.2, -0.15) is 5.10 Å². The Kier molecular flexibility index (Phi) is 3.85. The summed E-state index contributed by atoms with van der Waals surface area (Å²) in [5.41, 5.74) is 1.65. The minimum Gasteiger partial charge on any atom is -0.283 e. The number of H-pyrrole nitrogens is 1. The maximum absolute atomic E-state index is 5.35. The Labute approximate surface area is 58.6 Å². The maximum atomic E-state index is 5.35. The molecule has 1 N–H and O–H groups in total. The molecular formula is C6H13BN2. The maximum Gasteiger partial charge on any atom is 0.118 e. The number of aryl methyl sites for hydroxylation is 1. The van der Waals surface area contributed by atoms with E-state index in [1.54, 1.807) is 6.20 Å². The Hall–Kier alpha value is -0.725. The van der Waals surface area contributed by atoms with Gasteiger partial charge in [-0.25, -0.2) is 0 Å². The highest BCUT2D eigenvalue weighted by atomic mass is 15.1. The fourth-order valence-electron chi connectivity index (χ4n) is 0.360. The van der Waals surface area contributed by atoms with Gasteiger partial charge in [0.25, 0.3) is 0 Å². The SMILES string of the molecule is CC.[B]c1cn[nH]c1C.[HH]. The van der Waals surface area contributed by atoms with E-state index in [1.807, 2.05) is 20.8 Å². The Morgan fingerprint density at radius 1 is 1.67 bits per heavy atom. The molecule has 50 valence electrons. The summed E-state index contributed by atoms with van der Waals surface area (Å²) in [7, 11) is 5.35. The lowest BCUT2D eigenvalue weighted by Crippen LogP contribution is -2.00. The van der Waals surface area contributed by atoms with Crippen LogP contribution in [0.4, 0.5) is 0 Å². The lowest BCUT2D eigenvalue weighted by atomic mass is 9.98. The van der Waals surface area contributed by atoms with E-state index < -0.39 is 0 Å². The highest BCUT2D eigenvalue weighted by Crippen LogP contribution is 1.77. The predicted molar refractivity (Wildman–Crippen MR) is 42.2 cm³/mol. The van der Waals surface area contributed by atoms with Crippen molar-refractivity contribution in [2.45, 2.75) is 20.8 Å². The number of rotatable bonds is 0. The van der Waals surface area contributed by atoms with E-state index in [2.05, 4.69) is 10.2 Å². The number of aromatic amines is 1. The van der Waals surface area contributed by atoms with Gasteiger partial charge >= 0.3 is 0 Å². The molecule has 1 rings (SSSR count). The molecule has 1 aromatic rings. The molecule has 2 radical (unpaired) electrons. The molecule has 0 aromatic carbocycles. The molecular weight excluding hydrogens is 111 g/mol. The van der Waals surface area contributed by atoms with Crippen molar-refractivity contribution in [2.24, 2.45) is 0 Å². The molecule has 0 aliphatic rings. The van der Waals surface area contributed by atoms with Gasteiger partial charge < -0.3 is 0 Å². The van der Waals surface area contributed by atoms with Gasteiger partial charge in [-0.3, -0.25) is 5.10 Å². The second-order valence-electron chi connectivity index (χ2n) is 1.45. The van der Waals surface area contributed by atoms with Crippen molar-refractivity contribution in [1.29, 1.82) is 0 Å². The molecule has 0 saturated carbocycles. The molecule has 0 unspecified atom stereocenters. The summed E-state index contributed by atoms with van der Waals surface area (Å²) in [5.74, 6) is 0. The lowest BCUT2D eigenvalue weighted by molar-refractivity contribution is 1.05. The van der Waals surface area contributed by atoms with Crippen molar-refractivity contribution in [1.82, 2.24) is 10.2 Å². The summed E-state index contributed by atoms with van der Waals surface area (Å²) < 4.78 is 0. The van der Waals surface area contributed by atoms with E-state index in [0.29, 0.717) is 0 Å². The van der Waals surface area contributed by atoms with Gasteiger partial charge in [0.2, 0.25) is 0 Å². The number of hydrogen-bond donors (Lipinski definition) is 1. The van der Waals surface area contributed by atoms with Gasteiger partial charge in [0, 0.05) is 13.3 Å². The van der Waals surface area contributed by atoms with Crippen LogP contribution in [-0.2, 0) is 0 Å². The summed E-state index contributed by atoms with van der Waals surface area (Å²) in [4.78, 5) is 0. The largest absolute Gasteiger partial charge is 0.283 e. The smallest absolute Gasteiger partial charge is 0.118 e. The van der Waals surface area contributed by atoms with Crippen LogP contribution in [0.15, 0.2) is 6.20 Å². The standard InChI is InChI=1S/C4H5BN2.C2H6.H2/c1-3-4(5)2-6-7-3;1-2;/h2H,1H3,(H,6,7);1-2H3;1H. The van der Waals surface area contributed by atoms with Crippen molar-refractivity contribution < 1.29 is 1.43 Å². The summed E-state index contributed by atoms with van der Waals surface area (Å²) in [5, 5.41) is 6.36. The van der Waals surface area contributed by atoms with Gasteiger partial charge in [-0.05, 0) is 6.92 Å². The van der Waals surface area contributed by atoms with Crippen LogP contribution in [0.3, 0.4) is 0 Å². The zero-order valence-corrected chi connectivity index (χ0v) is 6.10. The second-order valence-corrected chi connectivity index (χ2v) is 1.45. The topological polar surface area (TPSA) is 28.7 Å². The highest BCUT2D eigenvalue weighted by Gasteiger charge is 1.86. The number of nitrogens with one attached hydrogen (secondary N) is 1. The first-order chi connectivity index (χ1) is 4.30.